The van der Waals surface area contributed by atoms with E-state index in [2.05, 4.69) is 14.9 Å². The standard InChI is InChI=1S/C25H17F2N5O/c1-29-24-15-6-4-3-5-13(15)8-19(27)23(24)25-17(11-31-32(25)2)14-7-16-20(10-28)30-12-21(33)22(16)18(26)9-14/h3-9,11H,10,12,28H2,2H3. The van der Waals surface area contributed by atoms with E-state index in [1.165, 1.54) is 23.0 Å². The van der Waals surface area contributed by atoms with Gasteiger partial charge in [0.05, 0.1) is 29.7 Å². The molecule has 3 aromatic carbocycles. The Bertz CT molecular complexity index is 1540. The van der Waals surface area contributed by atoms with Crippen molar-refractivity contribution in [2.45, 2.75) is 0 Å². The van der Waals surface area contributed by atoms with Crippen LogP contribution in [0, 0.1) is 18.2 Å². The number of ketones is 1. The summed E-state index contributed by atoms with van der Waals surface area (Å²) in [7, 11) is 1.63. The molecule has 5 rings (SSSR count). The largest absolute Gasteiger partial charge is 0.325 e. The number of nitrogens with two attached hydrogens (primary N) is 1. The van der Waals surface area contributed by atoms with Crippen molar-refractivity contribution in [1.82, 2.24) is 9.78 Å². The summed E-state index contributed by atoms with van der Waals surface area (Å²) in [6.07, 6.45) is 1.49. The summed E-state index contributed by atoms with van der Waals surface area (Å²) in [6.45, 7) is 7.64. The molecule has 4 aromatic rings. The molecular weight excluding hydrogens is 424 g/mol. The lowest BCUT2D eigenvalue weighted by Gasteiger charge is -2.18. The van der Waals surface area contributed by atoms with Gasteiger partial charge in [0.2, 0.25) is 5.69 Å². The highest BCUT2D eigenvalue weighted by Crippen LogP contribution is 2.43. The topological polar surface area (TPSA) is 77.6 Å². The van der Waals surface area contributed by atoms with E-state index in [1.807, 2.05) is 0 Å². The van der Waals surface area contributed by atoms with Crippen molar-refractivity contribution in [2.24, 2.45) is 17.8 Å². The molecule has 33 heavy (non-hydrogen) atoms. The van der Waals surface area contributed by atoms with Crippen LogP contribution in [-0.4, -0.2) is 34.4 Å². The van der Waals surface area contributed by atoms with Gasteiger partial charge >= 0.3 is 0 Å². The predicted octanol–water partition coefficient (Wildman–Crippen LogP) is 4.68. The van der Waals surface area contributed by atoms with Crippen LogP contribution in [0.25, 0.3) is 38.0 Å². The molecule has 1 aliphatic heterocycles. The highest BCUT2D eigenvalue weighted by atomic mass is 19.1. The van der Waals surface area contributed by atoms with Crippen LogP contribution in [0.2, 0.25) is 0 Å². The summed E-state index contributed by atoms with van der Waals surface area (Å²) >= 11 is 0. The van der Waals surface area contributed by atoms with Crippen LogP contribution in [0.5, 0.6) is 0 Å². The second-order valence-corrected chi connectivity index (χ2v) is 7.72. The number of hydrogen-bond donors (Lipinski definition) is 1. The first-order valence-corrected chi connectivity index (χ1v) is 10.2. The van der Waals surface area contributed by atoms with Gasteiger partial charge < -0.3 is 5.73 Å². The van der Waals surface area contributed by atoms with E-state index in [-0.39, 0.29) is 29.9 Å². The SMILES string of the molecule is [C-]#[N+]c1c(-c2c(-c3cc(F)c4c(c3)C(CN)=NCC4=O)cnn2C)c(F)cc2ccccc12. The number of carbonyl (C=O) groups excluding carboxylic acids is 1. The number of carbonyl (C=O) groups is 1. The molecule has 2 heterocycles. The lowest BCUT2D eigenvalue weighted by molar-refractivity contribution is 0.0996. The van der Waals surface area contributed by atoms with E-state index in [0.29, 0.717) is 38.9 Å². The van der Waals surface area contributed by atoms with Crippen molar-refractivity contribution >= 4 is 28.0 Å². The van der Waals surface area contributed by atoms with Crippen molar-refractivity contribution in [1.29, 1.82) is 0 Å². The number of hydrogen-bond acceptors (Lipinski definition) is 4. The van der Waals surface area contributed by atoms with Crippen LogP contribution in [0.4, 0.5) is 14.5 Å². The van der Waals surface area contributed by atoms with Gasteiger partial charge in [-0.3, -0.25) is 14.5 Å². The van der Waals surface area contributed by atoms with E-state index < -0.39 is 17.4 Å². The molecule has 6 nitrogen and oxygen atoms in total. The van der Waals surface area contributed by atoms with Crippen molar-refractivity contribution in [2.75, 3.05) is 13.1 Å². The first-order valence-electron chi connectivity index (χ1n) is 10.2. The highest BCUT2D eigenvalue weighted by molar-refractivity contribution is 6.16. The van der Waals surface area contributed by atoms with Gasteiger partial charge in [0.1, 0.15) is 18.2 Å². The number of halogens is 2. The fraction of sp³-hybridized carbons (Fsp3) is 0.120. The summed E-state index contributed by atoms with van der Waals surface area (Å²) in [5.41, 5.74) is 7.85. The summed E-state index contributed by atoms with van der Waals surface area (Å²) in [5, 5.41) is 5.48. The number of nitrogens with zero attached hydrogens (tertiary/aromatic N) is 4. The molecule has 2 N–H and O–H groups in total. The zero-order valence-corrected chi connectivity index (χ0v) is 17.6. The average Bonchev–Trinajstić information content (AvgIpc) is 3.18. The summed E-state index contributed by atoms with van der Waals surface area (Å²) < 4.78 is 31.9. The van der Waals surface area contributed by atoms with Crippen molar-refractivity contribution in [3.05, 3.63) is 82.8 Å². The van der Waals surface area contributed by atoms with Crippen LogP contribution >= 0.6 is 0 Å². The molecule has 0 aliphatic carbocycles. The second kappa shape index (κ2) is 7.73. The summed E-state index contributed by atoms with van der Waals surface area (Å²) in [4.78, 5) is 20.1. The smallest absolute Gasteiger partial charge is 0.207 e. The van der Waals surface area contributed by atoms with Crippen LogP contribution in [0.3, 0.4) is 0 Å². The molecule has 0 saturated heterocycles. The number of fused-ring (bicyclic) bond motifs is 2. The molecular formula is C25H17F2N5O. The van der Waals surface area contributed by atoms with Gasteiger partial charge in [0, 0.05) is 30.3 Å². The Morgan fingerprint density at radius 2 is 1.88 bits per heavy atom. The third-order valence-corrected chi connectivity index (χ3v) is 5.86. The predicted molar refractivity (Wildman–Crippen MR) is 123 cm³/mol. The average molecular weight is 441 g/mol. The zero-order valence-electron chi connectivity index (χ0n) is 17.6. The van der Waals surface area contributed by atoms with Crippen molar-refractivity contribution < 1.29 is 13.6 Å². The van der Waals surface area contributed by atoms with Crippen molar-refractivity contribution in [3.8, 4) is 22.4 Å². The lowest BCUT2D eigenvalue weighted by atomic mass is 9.90. The molecule has 0 atom stereocenters. The molecule has 0 bridgehead atoms. The number of rotatable bonds is 3. The van der Waals surface area contributed by atoms with E-state index in [9.17, 15) is 4.79 Å². The Hall–Kier alpha value is -4.22. The quantitative estimate of drug-likeness (QED) is 0.469. The van der Waals surface area contributed by atoms with Gasteiger partial charge in [0.15, 0.2) is 5.78 Å². The third kappa shape index (κ3) is 3.13. The molecule has 0 radical (unpaired) electrons. The first-order chi connectivity index (χ1) is 15.9. The highest BCUT2D eigenvalue weighted by Gasteiger charge is 2.27. The molecule has 0 unspecified atom stereocenters. The molecule has 0 amide bonds. The maximum absolute atomic E-state index is 15.4. The minimum atomic E-state index is -0.701. The first kappa shape index (κ1) is 20.7. The minimum absolute atomic E-state index is 0.0432. The minimum Gasteiger partial charge on any atom is -0.325 e. The van der Waals surface area contributed by atoms with Crippen LogP contribution in [0.15, 0.2) is 53.7 Å². The fourth-order valence-corrected chi connectivity index (χ4v) is 4.36. The van der Waals surface area contributed by atoms with Gasteiger partial charge in [-0.25, -0.2) is 13.6 Å². The Balaban J connectivity index is 1.80. The number of aryl methyl sites for hydroxylation is 1. The van der Waals surface area contributed by atoms with Gasteiger partial charge in [-0.05, 0) is 34.5 Å². The van der Waals surface area contributed by atoms with E-state index in [4.69, 9.17) is 12.3 Å². The normalized spacial score (nSPS) is 13.1. The monoisotopic (exact) mass is 441 g/mol. The van der Waals surface area contributed by atoms with Gasteiger partial charge in [-0.15, -0.1) is 0 Å². The van der Waals surface area contributed by atoms with Crippen LogP contribution in [-0.2, 0) is 7.05 Å². The lowest BCUT2D eigenvalue weighted by Crippen LogP contribution is -2.26. The van der Waals surface area contributed by atoms with Gasteiger partial charge in [-0.1, -0.05) is 24.3 Å². The number of Topliss-reactive ketones (excluding diaryl/α,β-unsaturated/α-hetero) is 1. The van der Waals surface area contributed by atoms with Gasteiger partial charge in [0.25, 0.3) is 0 Å². The number of benzene rings is 3. The molecule has 0 spiro atoms. The van der Waals surface area contributed by atoms with Crippen LogP contribution < -0.4 is 5.73 Å². The molecule has 0 saturated carbocycles. The van der Waals surface area contributed by atoms with E-state index in [0.717, 1.165) is 0 Å². The molecule has 1 aliphatic rings. The second-order valence-electron chi connectivity index (χ2n) is 7.72. The fourth-order valence-electron chi connectivity index (χ4n) is 4.36. The Morgan fingerprint density at radius 1 is 1.12 bits per heavy atom. The Labute approximate surface area is 187 Å². The summed E-state index contributed by atoms with van der Waals surface area (Å²) in [6, 6.07) is 11.3. The van der Waals surface area contributed by atoms with Gasteiger partial charge in [-0.2, -0.15) is 5.10 Å². The molecule has 0 fully saturated rings. The van der Waals surface area contributed by atoms with Crippen molar-refractivity contribution in [3.63, 3.8) is 0 Å². The zero-order chi connectivity index (χ0) is 23.3. The maximum Gasteiger partial charge on any atom is 0.207 e. The number of aliphatic imine (C=N–C) groups is 1. The van der Waals surface area contributed by atoms with E-state index in [1.54, 1.807) is 37.4 Å². The molecule has 162 valence electrons. The van der Waals surface area contributed by atoms with Crippen LogP contribution in [0.1, 0.15) is 15.9 Å². The van der Waals surface area contributed by atoms with E-state index >= 15 is 8.78 Å². The number of aromatic nitrogens is 2. The summed E-state index contributed by atoms with van der Waals surface area (Å²) in [5.74, 6) is -1.71. The Morgan fingerprint density at radius 3 is 2.64 bits per heavy atom. The Kier molecular flexibility index (Phi) is 4.84. The third-order valence-electron chi connectivity index (χ3n) is 5.86. The molecule has 1 aromatic heterocycles. The molecule has 8 heteroatoms. The maximum atomic E-state index is 15.4.